The second-order valence-corrected chi connectivity index (χ2v) is 8.82. The molecule has 1 fully saturated rings. The zero-order valence-corrected chi connectivity index (χ0v) is 19.2. The van der Waals surface area contributed by atoms with Gasteiger partial charge in [-0.25, -0.2) is 0 Å². The highest BCUT2D eigenvalue weighted by Crippen LogP contribution is 2.19. The van der Waals surface area contributed by atoms with Crippen molar-refractivity contribution in [2.45, 2.75) is 25.6 Å². The Bertz CT molecular complexity index is 931. The molecule has 4 rings (SSSR count). The Morgan fingerprint density at radius 2 is 1.24 bits per heavy atom. The maximum absolute atomic E-state index is 12.1. The molecule has 3 aromatic carbocycles. The van der Waals surface area contributed by atoms with Crippen LogP contribution in [0.4, 0.5) is 5.69 Å². The van der Waals surface area contributed by atoms with E-state index < -0.39 is 0 Å². The molecule has 5 heteroatoms. The summed E-state index contributed by atoms with van der Waals surface area (Å²) >= 11 is 0. The number of para-hydroxylation sites is 1. The average molecular weight is 443 g/mol. The molecule has 1 aliphatic heterocycles. The fourth-order valence-electron chi connectivity index (χ4n) is 4.62. The van der Waals surface area contributed by atoms with Gasteiger partial charge in [-0.15, -0.1) is 0 Å². The Kier molecular flexibility index (Phi) is 8.12. The summed E-state index contributed by atoms with van der Waals surface area (Å²) in [5.74, 6) is -0.242. The molecule has 33 heavy (non-hydrogen) atoms. The first-order valence-electron chi connectivity index (χ1n) is 11.8. The number of nitrogens with two attached hydrogens (primary N) is 1. The molecule has 1 amide bonds. The highest BCUT2D eigenvalue weighted by atomic mass is 16.1. The van der Waals surface area contributed by atoms with E-state index >= 15 is 0 Å². The van der Waals surface area contributed by atoms with Crippen LogP contribution in [0.3, 0.4) is 0 Å². The third kappa shape index (κ3) is 6.91. The first kappa shape index (κ1) is 23.0. The summed E-state index contributed by atoms with van der Waals surface area (Å²) in [7, 11) is 0. The summed E-state index contributed by atoms with van der Waals surface area (Å²) in [4.78, 5) is 19.4. The zero-order chi connectivity index (χ0) is 22.9. The second kappa shape index (κ2) is 11.6. The first-order chi connectivity index (χ1) is 16.2. The van der Waals surface area contributed by atoms with Crippen molar-refractivity contribution in [3.8, 4) is 0 Å². The van der Waals surface area contributed by atoms with Crippen LogP contribution in [0.5, 0.6) is 0 Å². The number of carbonyl (C=O) groups is 1. The number of benzene rings is 3. The predicted octanol–water partition coefficient (Wildman–Crippen LogP) is 3.76. The molecular formula is C28H34N4O. The molecular weight excluding hydrogens is 408 g/mol. The predicted molar refractivity (Wildman–Crippen MR) is 135 cm³/mol. The highest BCUT2D eigenvalue weighted by molar-refractivity contribution is 5.74. The summed E-state index contributed by atoms with van der Waals surface area (Å²) in [6, 6.07) is 31.6. The van der Waals surface area contributed by atoms with E-state index in [2.05, 4.69) is 93.6 Å². The summed E-state index contributed by atoms with van der Waals surface area (Å²) in [5.41, 5.74) is 9.50. The van der Waals surface area contributed by atoms with Crippen LogP contribution in [-0.4, -0.2) is 54.5 Å². The number of hydrogen-bond donors (Lipinski definition) is 1. The largest absolute Gasteiger partial charge is 0.370 e. The van der Waals surface area contributed by atoms with Crippen molar-refractivity contribution < 1.29 is 4.79 Å². The molecule has 2 N–H and O–H groups in total. The summed E-state index contributed by atoms with van der Waals surface area (Å²) in [5, 5.41) is 0. The van der Waals surface area contributed by atoms with Gasteiger partial charge >= 0.3 is 0 Å². The SMILES string of the molecule is NC(=O)C[C@@H](CN1CCN(c2ccccc2)CC1)N(Cc1ccccc1)Cc1ccccc1. The third-order valence-corrected chi connectivity index (χ3v) is 6.37. The normalized spacial score (nSPS) is 15.5. The van der Waals surface area contributed by atoms with Gasteiger partial charge in [0.05, 0.1) is 0 Å². The fourth-order valence-corrected chi connectivity index (χ4v) is 4.62. The van der Waals surface area contributed by atoms with E-state index in [9.17, 15) is 4.79 Å². The van der Waals surface area contributed by atoms with Crippen molar-refractivity contribution >= 4 is 11.6 Å². The Labute approximate surface area is 197 Å². The molecule has 1 heterocycles. The molecule has 1 atom stereocenters. The molecule has 0 aliphatic carbocycles. The summed E-state index contributed by atoms with van der Waals surface area (Å²) < 4.78 is 0. The Morgan fingerprint density at radius 1 is 0.758 bits per heavy atom. The van der Waals surface area contributed by atoms with Crippen LogP contribution < -0.4 is 10.6 Å². The summed E-state index contributed by atoms with van der Waals surface area (Å²) in [6.07, 6.45) is 0.360. The van der Waals surface area contributed by atoms with E-state index in [1.807, 2.05) is 12.1 Å². The molecule has 0 unspecified atom stereocenters. The Balaban J connectivity index is 1.47. The van der Waals surface area contributed by atoms with E-state index in [0.29, 0.717) is 6.42 Å². The number of carbonyl (C=O) groups excluding carboxylic acids is 1. The number of anilines is 1. The van der Waals surface area contributed by atoms with Crippen molar-refractivity contribution in [2.75, 3.05) is 37.6 Å². The van der Waals surface area contributed by atoms with Crippen molar-refractivity contribution in [1.29, 1.82) is 0 Å². The Morgan fingerprint density at radius 3 is 1.73 bits per heavy atom. The molecule has 0 spiro atoms. The van der Waals surface area contributed by atoms with Crippen LogP contribution in [0.25, 0.3) is 0 Å². The summed E-state index contributed by atoms with van der Waals surface area (Å²) in [6.45, 7) is 6.36. The van der Waals surface area contributed by atoms with Gasteiger partial charge in [0.25, 0.3) is 0 Å². The minimum Gasteiger partial charge on any atom is -0.370 e. The molecule has 5 nitrogen and oxygen atoms in total. The zero-order valence-electron chi connectivity index (χ0n) is 19.2. The molecule has 0 radical (unpaired) electrons. The van der Waals surface area contributed by atoms with E-state index in [1.165, 1.54) is 16.8 Å². The number of hydrogen-bond acceptors (Lipinski definition) is 4. The third-order valence-electron chi connectivity index (χ3n) is 6.37. The maximum Gasteiger partial charge on any atom is 0.219 e. The minimum atomic E-state index is -0.242. The molecule has 0 aromatic heterocycles. The topological polar surface area (TPSA) is 52.8 Å². The highest BCUT2D eigenvalue weighted by Gasteiger charge is 2.26. The minimum absolute atomic E-state index is 0.0613. The molecule has 0 saturated carbocycles. The second-order valence-electron chi connectivity index (χ2n) is 8.82. The average Bonchev–Trinajstić information content (AvgIpc) is 2.85. The number of amides is 1. The lowest BCUT2D eigenvalue weighted by molar-refractivity contribution is -0.119. The van der Waals surface area contributed by atoms with E-state index in [-0.39, 0.29) is 11.9 Å². The van der Waals surface area contributed by atoms with Crippen LogP contribution in [0.15, 0.2) is 91.0 Å². The van der Waals surface area contributed by atoms with Crippen LogP contribution in [0, 0.1) is 0 Å². The lowest BCUT2D eigenvalue weighted by Gasteiger charge is -2.40. The standard InChI is InChI=1S/C28H34N4O/c29-28(33)20-27(23-30-16-18-31(19-17-30)26-14-8-3-9-15-26)32(21-24-10-4-1-5-11-24)22-25-12-6-2-7-13-25/h1-15,27H,16-23H2,(H2,29,33)/t27-/m0/s1. The monoisotopic (exact) mass is 442 g/mol. The number of nitrogens with zero attached hydrogens (tertiary/aromatic N) is 3. The van der Waals surface area contributed by atoms with Crippen molar-refractivity contribution in [3.63, 3.8) is 0 Å². The van der Waals surface area contributed by atoms with Crippen LogP contribution in [-0.2, 0) is 17.9 Å². The fraction of sp³-hybridized carbons (Fsp3) is 0.321. The van der Waals surface area contributed by atoms with Crippen LogP contribution in [0.2, 0.25) is 0 Å². The molecule has 3 aromatic rings. The first-order valence-corrected chi connectivity index (χ1v) is 11.8. The van der Waals surface area contributed by atoms with Crippen LogP contribution >= 0.6 is 0 Å². The van der Waals surface area contributed by atoms with E-state index in [0.717, 1.165) is 45.8 Å². The van der Waals surface area contributed by atoms with Gasteiger partial charge < -0.3 is 10.6 Å². The molecule has 172 valence electrons. The van der Waals surface area contributed by atoms with Gasteiger partial charge in [0.2, 0.25) is 5.91 Å². The van der Waals surface area contributed by atoms with Gasteiger partial charge in [-0.1, -0.05) is 78.9 Å². The smallest absolute Gasteiger partial charge is 0.219 e. The molecule has 0 bridgehead atoms. The Hall–Kier alpha value is -3.15. The van der Waals surface area contributed by atoms with Gasteiger partial charge in [-0.05, 0) is 23.3 Å². The number of rotatable bonds is 10. The quantitative estimate of drug-likeness (QED) is 0.520. The molecule has 1 saturated heterocycles. The maximum atomic E-state index is 12.1. The van der Waals surface area contributed by atoms with Crippen LogP contribution in [0.1, 0.15) is 17.5 Å². The van der Waals surface area contributed by atoms with Gasteiger partial charge in [0, 0.05) is 64.0 Å². The van der Waals surface area contributed by atoms with Crippen molar-refractivity contribution in [3.05, 3.63) is 102 Å². The lowest BCUT2D eigenvalue weighted by atomic mass is 10.1. The van der Waals surface area contributed by atoms with Gasteiger partial charge in [0.1, 0.15) is 0 Å². The van der Waals surface area contributed by atoms with E-state index in [1.54, 1.807) is 0 Å². The van der Waals surface area contributed by atoms with Crippen molar-refractivity contribution in [2.24, 2.45) is 5.73 Å². The van der Waals surface area contributed by atoms with Crippen molar-refractivity contribution in [1.82, 2.24) is 9.80 Å². The van der Waals surface area contributed by atoms with Gasteiger partial charge in [0.15, 0.2) is 0 Å². The number of primary amides is 1. The van der Waals surface area contributed by atoms with Gasteiger partial charge in [-0.2, -0.15) is 0 Å². The number of piperazine rings is 1. The van der Waals surface area contributed by atoms with Gasteiger partial charge in [-0.3, -0.25) is 14.6 Å². The molecule has 1 aliphatic rings. The lowest BCUT2D eigenvalue weighted by Crippen LogP contribution is -2.52. The van der Waals surface area contributed by atoms with E-state index in [4.69, 9.17) is 5.73 Å².